The van der Waals surface area contributed by atoms with E-state index in [2.05, 4.69) is 56.9 Å². The molecule has 0 spiro atoms. The van der Waals surface area contributed by atoms with Crippen molar-refractivity contribution in [3.63, 3.8) is 0 Å². The topological polar surface area (TPSA) is 31.4 Å². The van der Waals surface area contributed by atoms with E-state index >= 15 is 0 Å². The van der Waals surface area contributed by atoms with E-state index in [1.54, 1.807) is 0 Å². The minimum absolute atomic E-state index is 0.0954. The van der Waals surface area contributed by atoms with E-state index in [0.29, 0.717) is 11.7 Å². The summed E-state index contributed by atoms with van der Waals surface area (Å²) in [6.07, 6.45) is 4.96. The number of fused-ring (bicyclic) bond motifs is 1. The lowest BCUT2D eigenvalue weighted by Gasteiger charge is -2.32. The van der Waals surface area contributed by atoms with E-state index in [4.69, 9.17) is 9.31 Å². The fourth-order valence-corrected chi connectivity index (χ4v) is 3.40. The van der Waals surface area contributed by atoms with Crippen molar-refractivity contribution in [1.29, 1.82) is 0 Å². The molecule has 114 valence electrons. The largest absolute Gasteiger partial charge is 0.461 e. The van der Waals surface area contributed by atoms with Crippen molar-refractivity contribution in [2.45, 2.75) is 57.1 Å². The highest BCUT2D eigenvalue weighted by molar-refractivity contribution is 6.49. The van der Waals surface area contributed by atoms with Gasteiger partial charge in [-0.2, -0.15) is 0 Å². The van der Waals surface area contributed by atoms with Gasteiger partial charge in [-0.15, -0.1) is 0 Å². The van der Waals surface area contributed by atoms with Gasteiger partial charge in [0.2, 0.25) is 0 Å². The Balaban J connectivity index is 1.60. The fourth-order valence-electron chi connectivity index (χ4n) is 3.40. The molecule has 1 aromatic carbocycles. The monoisotopic (exact) mass is 295 g/mol. The summed E-state index contributed by atoms with van der Waals surface area (Å²) in [5.41, 5.74) is 0.890. The highest BCUT2D eigenvalue weighted by atomic mass is 16.7. The number of benzene rings is 1. The van der Waals surface area contributed by atoms with Crippen LogP contribution in [0.5, 0.6) is 0 Å². The standard InChI is InChI=1S/C18H22BNO2/c1-17(2)18(3,4)22-19(21-17)16-10-14(16)13-7-5-6-12-8-9-20-11-15(12)13/h5-9,11,14,16H,10H2,1-4H3/t14-,16+/m1/s1. The zero-order valence-electron chi connectivity index (χ0n) is 13.7. The first-order valence-corrected chi connectivity index (χ1v) is 8.07. The lowest BCUT2D eigenvalue weighted by molar-refractivity contribution is 0.00578. The first-order valence-electron chi connectivity index (χ1n) is 8.07. The molecule has 22 heavy (non-hydrogen) atoms. The third-order valence-corrected chi connectivity index (χ3v) is 5.58. The zero-order valence-corrected chi connectivity index (χ0v) is 13.7. The Labute approximate surface area is 132 Å². The Kier molecular flexibility index (Phi) is 2.95. The highest BCUT2D eigenvalue weighted by Gasteiger charge is 2.60. The van der Waals surface area contributed by atoms with Crippen LogP contribution in [0, 0.1) is 0 Å². The van der Waals surface area contributed by atoms with Gasteiger partial charge < -0.3 is 9.31 Å². The van der Waals surface area contributed by atoms with Gasteiger partial charge in [0.25, 0.3) is 0 Å². The van der Waals surface area contributed by atoms with Crippen LogP contribution in [-0.2, 0) is 9.31 Å². The van der Waals surface area contributed by atoms with Crippen molar-refractivity contribution < 1.29 is 9.31 Å². The predicted octanol–water partition coefficient (Wildman–Crippen LogP) is 4.18. The molecule has 2 fully saturated rings. The van der Waals surface area contributed by atoms with Gasteiger partial charge >= 0.3 is 7.12 Å². The molecule has 1 aliphatic heterocycles. The minimum atomic E-state index is -0.245. The van der Waals surface area contributed by atoms with Crippen LogP contribution in [0.3, 0.4) is 0 Å². The fraction of sp³-hybridized carbons (Fsp3) is 0.500. The molecular weight excluding hydrogens is 273 g/mol. The van der Waals surface area contributed by atoms with Gasteiger partial charge in [-0.1, -0.05) is 18.2 Å². The van der Waals surface area contributed by atoms with Gasteiger partial charge in [-0.3, -0.25) is 4.98 Å². The Morgan fingerprint density at radius 3 is 2.55 bits per heavy atom. The first kappa shape index (κ1) is 14.2. The number of hydrogen-bond donors (Lipinski definition) is 0. The van der Waals surface area contributed by atoms with Gasteiger partial charge in [0, 0.05) is 23.6 Å². The third-order valence-electron chi connectivity index (χ3n) is 5.58. The molecule has 0 radical (unpaired) electrons. The van der Waals surface area contributed by atoms with Crippen LogP contribution in [0.2, 0.25) is 5.82 Å². The Bertz CT molecular complexity index is 707. The average Bonchev–Trinajstić information content (AvgIpc) is 3.21. The number of aromatic nitrogens is 1. The molecule has 2 heterocycles. The summed E-state index contributed by atoms with van der Waals surface area (Å²) in [6.45, 7) is 8.47. The van der Waals surface area contributed by atoms with Crippen molar-refractivity contribution in [3.8, 4) is 0 Å². The van der Waals surface area contributed by atoms with Crippen LogP contribution < -0.4 is 0 Å². The van der Waals surface area contributed by atoms with Crippen LogP contribution in [-0.4, -0.2) is 23.3 Å². The van der Waals surface area contributed by atoms with Crippen LogP contribution >= 0.6 is 0 Å². The van der Waals surface area contributed by atoms with Crippen LogP contribution in [0.1, 0.15) is 45.6 Å². The molecule has 3 nitrogen and oxygen atoms in total. The molecule has 0 unspecified atom stereocenters. The maximum atomic E-state index is 6.21. The molecule has 1 saturated heterocycles. The minimum Gasteiger partial charge on any atom is -0.403 e. The molecule has 0 bridgehead atoms. The second-order valence-electron chi connectivity index (χ2n) is 7.57. The van der Waals surface area contributed by atoms with E-state index in [1.807, 2.05) is 12.4 Å². The molecule has 4 rings (SSSR count). The quantitative estimate of drug-likeness (QED) is 0.779. The smallest absolute Gasteiger partial charge is 0.403 e. The van der Waals surface area contributed by atoms with E-state index in [1.165, 1.54) is 16.3 Å². The molecule has 0 N–H and O–H groups in total. The number of pyridine rings is 1. The summed E-state index contributed by atoms with van der Waals surface area (Å²) in [6, 6.07) is 8.58. The van der Waals surface area contributed by atoms with Crippen molar-refractivity contribution in [2.75, 3.05) is 0 Å². The average molecular weight is 295 g/mol. The summed E-state index contributed by atoms with van der Waals surface area (Å²) in [7, 11) is -0.0954. The van der Waals surface area contributed by atoms with Gasteiger partial charge in [0.05, 0.1) is 11.2 Å². The molecule has 2 atom stereocenters. The van der Waals surface area contributed by atoms with Gasteiger partial charge in [-0.05, 0) is 57.0 Å². The maximum Gasteiger partial charge on any atom is 0.461 e. The molecular formula is C18H22BNO2. The van der Waals surface area contributed by atoms with Gasteiger partial charge in [0.1, 0.15) is 0 Å². The van der Waals surface area contributed by atoms with Crippen LogP contribution in [0.4, 0.5) is 0 Å². The van der Waals surface area contributed by atoms with E-state index in [0.717, 1.165) is 6.42 Å². The van der Waals surface area contributed by atoms with Crippen molar-refractivity contribution >= 4 is 17.9 Å². The number of nitrogens with zero attached hydrogens (tertiary/aromatic N) is 1. The summed E-state index contributed by atoms with van der Waals surface area (Å²) >= 11 is 0. The number of rotatable bonds is 2. The molecule has 1 aromatic heterocycles. The molecule has 1 saturated carbocycles. The summed E-state index contributed by atoms with van der Waals surface area (Å²) in [5.74, 6) is 0.967. The predicted molar refractivity (Wildman–Crippen MR) is 88.9 cm³/mol. The normalized spacial score (nSPS) is 29.0. The Hall–Kier alpha value is -1.39. The van der Waals surface area contributed by atoms with E-state index in [9.17, 15) is 0 Å². The van der Waals surface area contributed by atoms with Crippen molar-refractivity contribution in [3.05, 3.63) is 42.2 Å². The van der Waals surface area contributed by atoms with E-state index < -0.39 is 0 Å². The highest BCUT2D eigenvalue weighted by Crippen LogP contribution is 2.59. The lowest BCUT2D eigenvalue weighted by atomic mass is 9.79. The van der Waals surface area contributed by atoms with Gasteiger partial charge in [0.15, 0.2) is 0 Å². The van der Waals surface area contributed by atoms with Crippen LogP contribution in [0.15, 0.2) is 36.7 Å². The molecule has 4 heteroatoms. The second kappa shape index (κ2) is 4.56. The Morgan fingerprint density at radius 2 is 1.82 bits per heavy atom. The molecule has 0 amide bonds. The SMILES string of the molecule is CC1(C)OB([C@H]2C[C@@H]2c2cccc3ccncc23)OC1(C)C. The molecule has 2 aliphatic rings. The Morgan fingerprint density at radius 1 is 1.09 bits per heavy atom. The number of hydrogen-bond acceptors (Lipinski definition) is 3. The maximum absolute atomic E-state index is 6.21. The van der Waals surface area contributed by atoms with E-state index in [-0.39, 0.29) is 18.3 Å². The molecule has 1 aliphatic carbocycles. The van der Waals surface area contributed by atoms with Crippen molar-refractivity contribution in [1.82, 2.24) is 4.98 Å². The summed E-state index contributed by atoms with van der Waals surface area (Å²) in [5, 5.41) is 2.51. The first-order chi connectivity index (χ1) is 10.4. The lowest BCUT2D eigenvalue weighted by Crippen LogP contribution is -2.41. The van der Waals surface area contributed by atoms with Crippen LogP contribution in [0.25, 0.3) is 10.8 Å². The summed E-state index contributed by atoms with van der Waals surface area (Å²) in [4.78, 5) is 4.29. The third kappa shape index (κ3) is 2.09. The van der Waals surface area contributed by atoms with Crippen molar-refractivity contribution in [2.24, 2.45) is 0 Å². The molecule has 2 aromatic rings. The zero-order chi connectivity index (χ0) is 15.5. The van der Waals surface area contributed by atoms with Gasteiger partial charge in [-0.25, -0.2) is 0 Å². The summed E-state index contributed by atoms with van der Waals surface area (Å²) < 4.78 is 12.4. The second-order valence-corrected chi connectivity index (χ2v) is 7.57.